The minimum absolute atomic E-state index is 0.0311. The highest BCUT2D eigenvalue weighted by molar-refractivity contribution is 5.74. The SMILES string of the molecule is O=C(N[C@H](CO)Cc1ccccc1)N[C@H]1CCCN(c2ncccn2)C1. The average Bonchev–Trinajstić information content (AvgIpc) is 2.69. The number of hydrogen-bond acceptors (Lipinski definition) is 5. The molecule has 1 saturated heterocycles. The van der Waals surface area contributed by atoms with Crippen LogP contribution in [0.4, 0.5) is 10.7 Å². The van der Waals surface area contributed by atoms with Crippen molar-refractivity contribution in [1.29, 1.82) is 0 Å². The molecule has 0 unspecified atom stereocenters. The molecule has 0 radical (unpaired) electrons. The number of urea groups is 1. The van der Waals surface area contributed by atoms with Gasteiger partial charge in [0.15, 0.2) is 0 Å². The molecule has 0 aliphatic carbocycles. The lowest BCUT2D eigenvalue weighted by Crippen LogP contribution is -2.53. The summed E-state index contributed by atoms with van der Waals surface area (Å²) in [6, 6.07) is 11.1. The van der Waals surface area contributed by atoms with Gasteiger partial charge in [0.2, 0.25) is 5.95 Å². The number of aromatic nitrogens is 2. The molecule has 1 aliphatic rings. The summed E-state index contributed by atoms with van der Waals surface area (Å²) in [5.41, 5.74) is 1.08. The number of benzene rings is 1. The van der Waals surface area contributed by atoms with E-state index in [9.17, 15) is 9.90 Å². The van der Waals surface area contributed by atoms with Crippen LogP contribution in [0.5, 0.6) is 0 Å². The minimum Gasteiger partial charge on any atom is -0.394 e. The number of carbonyl (C=O) groups is 1. The van der Waals surface area contributed by atoms with Crippen molar-refractivity contribution in [2.75, 3.05) is 24.6 Å². The Morgan fingerprint density at radius 3 is 2.73 bits per heavy atom. The molecule has 1 aliphatic heterocycles. The van der Waals surface area contributed by atoms with Crippen molar-refractivity contribution in [3.8, 4) is 0 Å². The Morgan fingerprint density at radius 2 is 2.00 bits per heavy atom. The van der Waals surface area contributed by atoms with E-state index in [0.717, 1.165) is 24.9 Å². The van der Waals surface area contributed by atoms with Gasteiger partial charge < -0.3 is 20.6 Å². The quantitative estimate of drug-likeness (QED) is 0.728. The molecule has 2 atom stereocenters. The van der Waals surface area contributed by atoms with E-state index >= 15 is 0 Å². The Kier molecular flexibility index (Phi) is 6.38. The maximum absolute atomic E-state index is 12.3. The number of anilines is 1. The predicted octanol–water partition coefficient (Wildman–Crippen LogP) is 1.35. The number of aliphatic hydroxyl groups is 1. The number of amides is 2. The predicted molar refractivity (Wildman–Crippen MR) is 100.0 cm³/mol. The molecule has 3 rings (SSSR count). The Labute approximate surface area is 153 Å². The molecule has 2 amide bonds. The van der Waals surface area contributed by atoms with Gasteiger partial charge in [-0.15, -0.1) is 0 Å². The molecule has 2 aromatic rings. The van der Waals surface area contributed by atoms with Crippen molar-refractivity contribution < 1.29 is 9.90 Å². The van der Waals surface area contributed by atoms with E-state index in [-0.39, 0.29) is 24.7 Å². The highest BCUT2D eigenvalue weighted by atomic mass is 16.3. The molecule has 1 aromatic carbocycles. The van der Waals surface area contributed by atoms with Crippen molar-refractivity contribution in [3.05, 3.63) is 54.4 Å². The Bertz CT molecular complexity index is 683. The highest BCUT2D eigenvalue weighted by Crippen LogP contribution is 2.15. The van der Waals surface area contributed by atoms with E-state index in [1.54, 1.807) is 18.5 Å². The molecule has 3 N–H and O–H groups in total. The molecule has 138 valence electrons. The maximum Gasteiger partial charge on any atom is 0.315 e. The largest absolute Gasteiger partial charge is 0.394 e. The van der Waals surface area contributed by atoms with Gasteiger partial charge in [-0.2, -0.15) is 0 Å². The first-order valence-corrected chi connectivity index (χ1v) is 8.98. The second kappa shape index (κ2) is 9.15. The topological polar surface area (TPSA) is 90.4 Å². The van der Waals surface area contributed by atoms with E-state index in [1.165, 1.54) is 0 Å². The molecule has 0 bridgehead atoms. The second-order valence-corrected chi connectivity index (χ2v) is 6.52. The third kappa shape index (κ3) is 5.16. The third-order valence-corrected chi connectivity index (χ3v) is 4.47. The summed E-state index contributed by atoms with van der Waals surface area (Å²) in [6.07, 6.45) is 5.93. The average molecular weight is 355 g/mol. The summed E-state index contributed by atoms with van der Waals surface area (Å²) in [6.45, 7) is 1.47. The van der Waals surface area contributed by atoms with Gasteiger partial charge in [0.1, 0.15) is 0 Å². The lowest BCUT2D eigenvalue weighted by Gasteiger charge is -2.33. The fourth-order valence-electron chi connectivity index (χ4n) is 3.20. The van der Waals surface area contributed by atoms with Gasteiger partial charge >= 0.3 is 6.03 Å². The zero-order valence-electron chi connectivity index (χ0n) is 14.7. The molecule has 7 nitrogen and oxygen atoms in total. The van der Waals surface area contributed by atoms with Crippen molar-refractivity contribution in [2.45, 2.75) is 31.3 Å². The number of nitrogens with zero attached hydrogens (tertiary/aromatic N) is 3. The zero-order valence-corrected chi connectivity index (χ0v) is 14.7. The Morgan fingerprint density at radius 1 is 1.23 bits per heavy atom. The molecule has 7 heteroatoms. The Balaban J connectivity index is 1.50. The molecular formula is C19H25N5O2. The normalized spacial score (nSPS) is 18.2. The molecule has 26 heavy (non-hydrogen) atoms. The summed E-state index contributed by atoms with van der Waals surface area (Å²) in [7, 11) is 0. The first-order valence-electron chi connectivity index (χ1n) is 8.98. The summed E-state index contributed by atoms with van der Waals surface area (Å²) in [5.74, 6) is 0.691. The van der Waals surface area contributed by atoms with Crippen LogP contribution in [0, 0.1) is 0 Å². The highest BCUT2D eigenvalue weighted by Gasteiger charge is 2.23. The molecular weight excluding hydrogens is 330 g/mol. The number of hydrogen-bond donors (Lipinski definition) is 3. The van der Waals surface area contributed by atoms with E-state index in [1.807, 2.05) is 30.3 Å². The van der Waals surface area contributed by atoms with Gasteiger partial charge in [0.25, 0.3) is 0 Å². The smallest absolute Gasteiger partial charge is 0.315 e. The van der Waals surface area contributed by atoms with Crippen LogP contribution in [-0.4, -0.2) is 52.9 Å². The maximum atomic E-state index is 12.3. The molecule has 1 aromatic heterocycles. The van der Waals surface area contributed by atoms with Crippen LogP contribution in [0.3, 0.4) is 0 Å². The van der Waals surface area contributed by atoms with Gasteiger partial charge in [-0.05, 0) is 30.9 Å². The van der Waals surface area contributed by atoms with E-state index in [4.69, 9.17) is 0 Å². The molecule has 1 fully saturated rings. The summed E-state index contributed by atoms with van der Waals surface area (Å²) in [5, 5.41) is 15.4. The fraction of sp³-hybridized carbons (Fsp3) is 0.421. The van der Waals surface area contributed by atoms with E-state index < -0.39 is 0 Å². The van der Waals surface area contributed by atoms with Gasteiger partial charge in [-0.1, -0.05) is 30.3 Å². The van der Waals surface area contributed by atoms with Crippen LogP contribution >= 0.6 is 0 Å². The van der Waals surface area contributed by atoms with E-state index in [0.29, 0.717) is 18.9 Å². The number of piperidine rings is 1. The second-order valence-electron chi connectivity index (χ2n) is 6.52. The molecule has 0 saturated carbocycles. The van der Waals surface area contributed by atoms with Gasteiger partial charge in [-0.3, -0.25) is 0 Å². The number of carbonyl (C=O) groups excluding carboxylic acids is 1. The van der Waals surface area contributed by atoms with Crippen LogP contribution in [0.15, 0.2) is 48.8 Å². The molecule has 2 heterocycles. The standard InChI is InChI=1S/C19H25N5O2/c25-14-17(12-15-6-2-1-3-7-15)23-19(26)22-16-8-4-11-24(13-16)18-20-9-5-10-21-18/h1-3,5-7,9-10,16-17,25H,4,8,11-14H2,(H2,22,23,26)/t16-,17-/m0/s1. The monoisotopic (exact) mass is 355 g/mol. The summed E-state index contributed by atoms with van der Waals surface area (Å²) < 4.78 is 0. The van der Waals surface area contributed by atoms with Crippen molar-refractivity contribution in [3.63, 3.8) is 0 Å². The first-order chi connectivity index (χ1) is 12.7. The van der Waals surface area contributed by atoms with Crippen LogP contribution in [0.2, 0.25) is 0 Å². The first kappa shape index (κ1) is 18.1. The van der Waals surface area contributed by atoms with E-state index in [2.05, 4.69) is 25.5 Å². The van der Waals surface area contributed by atoms with Crippen LogP contribution in [-0.2, 0) is 6.42 Å². The number of aliphatic hydroxyl groups excluding tert-OH is 1. The summed E-state index contributed by atoms with van der Waals surface area (Å²) >= 11 is 0. The lowest BCUT2D eigenvalue weighted by molar-refractivity contribution is 0.211. The minimum atomic E-state index is -0.311. The van der Waals surface area contributed by atoms with Gasteiger partial charge in [-0.25, -0.2) is 14.8 Å². The number of nitrogens with one attached hydrogen (secondary N) is 2. The van der Waals surface area contributed by atoms with Crippen molar-refractivity contribution in [2.24, 2.45) is 0 Å². The zero-order chi connectivity index (χ0) is 18.2. The van der Waals surface area contributed by atoms with Gasteiger partial charge in [0.05, 0.1) is 12.6 Å². The lowest BCUT2D eigenvalue weighted by atomic mass is 10.1. The molecule has 0 spiro atoms. The van der Waals surface area contributed by atoms with Crippen LogP contribution in [0.25, 0.3) is 0 Å². The van der Waals surface area contributed by atoms with Gasteiger partial charge in [0, 0.05) is 31.5 Å². The third-order valence-electron chi connectivity index (χ3n) is 4.47. The number of rotatable bonds is 6. The summed E-state index contributed by atoms with van der Waals surface area (Å²) in [4.78, 5) is 23.0. The van der Waals surface area contributed by atoms with Crippen LogP contribution in [0.1, 0.15) is 18.4 Å². The van der Waals surface area contributed by atoms with Crippen molar-refractivity contribution in [1.82, 2.24) is 20.6 Å². The Hall–Kier alpha value is -2.67. The van der Waals surface area contributed by atoms with Crippen LogP contribution < -0.4 is 15.5 Å². The fourth-order valence-corrected chi connectivity index (χ4v) is 3.20. The van der Waals surface area contributed by atoms with Crippen molar-refractivity contribution >= 4 is 12.0 Å².